The Morgan fingerprint density at radius 2 is 1.52 bits per heavy atom. The number of aliphatic imine (C=N–C) groups is 1. The van der Waals surface area contributed by atoms with E-state index in [-0.39, 0.29) is 70.4 Å². The van der Waals surface area contributed by atoms with Crippen molar-refractivity contribution in [2.75, 3.05) is 19.6 Å². The zero-order valence-electron chi connectivity index (χ0n) is 35.5. The van der Waals surface area contributed by atoms with E-state index in [0.717, 1.165) is 0 Å². The molecule has 3 rings (SSSR count). The average molecular weight is 881 g/mol. The van der Waals surface area contributed by atoms with Crippen LogP contribution in [0.1, 0.15) is 76.5 Å². The SMILES string of the molecule is CCCC[C@H](NC(C)=O)C(=O)NC1CCC(=O)NCCC(C(=O)NCC(N)=O)NC(=O)[C@H](CCCN=C(N)N)NC(=O)C(Cc2ccccc2)NC(=O)[C@H](Cc2cnc[nH]2)NC1=O. The maximum atomic E-state index is 14.3. The van der Waals surface area contributed by atoms with Crippen molar-refractivity contribution >= 4 is 59.1 Å². The molecule has 9 amide bonds. The highest BCUT2D eigenvalue weighted by molar-refractivity contribution is 5.97. The van der Waals surface area contributed by atoms with Crippen LogP contribution in [0.5, 0.6) is 0 Å². The van der Waals surface area contributed by atoms with Crippen molar-refractivity contribution in [2.24, 2.45) is 22.2 Å². The third kappa shape index (κ3) is 18.6. The number of aromatic nitrogens is 2. The fourth-order valence-corrected chi connectivity index (χ4v) is 6.50. The number of nitrogens with two attached hydrogens (primary N) is 3. The van der Waals surface area contributed by atoms with E-state index in [4.69, 9.17) is 17.2 Å². The summed E-state index contributed by atoms with van der Waals surface area (Å²) in [5.41, 5.74) is 17.2. The van der Waals surface area contributed by atoms with E-state index in [1.54, 1.807) is 30.3 Å². The Kier molecular flexibility index (Phi) is 21.0. The van der Waals surface area contributed by atoms with Crippen LogP contribution in [0.15, 0.2) is 47.8 Å². The molecule has 0 aliphatic carbocycles. The molecule has 15 N–H and O–H groups in total. The number of carbonyl (C=O) groups excluding carboxylic acids is 9. The third-order valence-electron chi connectivity index (χ3n) is 9.76. The van der Waals surface area contributed by atoms with Crippen LogP contribution in [0.3, 0.4) is 0 Å². The van der Waals surface area contributed by atoms with Crippen LogP contribution < -0.4 is 59.7 Å². The molecule has 0 radical (unpaired) electrons. The molecule has 23 heteroatoms. The van der Waals surface area contributed by atoms with Gasteiger partial charge in [-0.25, -0.2) is 4.98 Å². The maximum Gasteiger partial charge on any atom is 0.243 e. The van der Waals surface area contributed by atoms with Crippen LogP contribution in [0, 0.1) is 0 Å². The summed E-state index contributed by atoms with van der Waals surface area (Å²) in [6.45, 7) is 2.47. The number of carbonyl (C=O) groups is 9. The summed E-state index contributed by atoms with van der Waals surface area (Å²) in [6.07, 6.45) is 3.44. The smallest absolute Gasteiger partial charge is 0.243 e. The predicted octanol–water partition coefficient (Wildman–Crippen LogP) is -3.73. The van der Waals surface area contributed by atoms with Gasteiger partial charge in [0.25, 0.3) is 0 Å². The molecule has 2 heterocycles. The van der Waals surface area contributed by atoms with Gasteiger partial charge >= 0.3 is 0 Å². The summed E-state index contributed by atoms with van der Waals surface area (Å²) in [6, 6.07) is 0.849. The fraction of sp³-hybridized carbons (Fsp3) is 0.525. The van der Waals surface area contributed by atoms with E-state index < -0.39 is 96.0 Å². The number of nitrogens with one attached hydrogen (secondary N) is 9. The van der Waals surface area contributed by atoms with Gasteiger partial charge in [0.15, 0.2) is 5.96 Å². The summed E-state index contributed by atoms with van der Waals surface area (Å²) >= 11 is 0. The van der Waals surface area contributed by atoms with E-state index in [0.29, 0.717) is 24.1 Å². The number of primary amides is 1. The van der Waals surface area contributed by atoms with Crippen molar-refractivity contribution in [3.05, 3.63) is 54.1 Å². The van der Waals surface area contributed by atoms with Crippen LogP contribution >= 0.6 is 0 Å². The number of guanidine groups is 1. The highest BCUT2D eigenvalue weighted by Crippen LogP contribution is 2.10. The standard InChI is InChI=1S/C40H60N14O9/c1-3-4-11-26(49-23(2)55)35(59)51-28-13-14-33(57)45-17-15-29(34(58)47-21-32(41)56)52-36(60)27(12-8-16-46-40(42)43)50-38(62)30(18-24-9-6-5-7-10-24)53-39(63)31(54-37(28)61)19-25-20-44-22-48-25/h5-7,9-10,20,22,26-31H,3-4,8,11-19,21H2,1-2H3,(H2,41,56)(H,44,48)(H,45,57)(H,47,58)(H,49,55)(H,50,62)(H,51,59)(H,52,60)(H,53,63)(H,54,61)(H4,42,43,46)/t26-,27-,28?,29?,30?,31-/m0/s1. The summed E-state index contributed by atoms with van der Waals surface area (Å²) in [4.78, 5) is 131. The highest BCUT2D eigenvalue weighted by Gasteiger charge is 2.34. The third-order valence-corrected chi connectivity index (χ3v) is 9.76. The Morgan fingerprint density at radius 3 is 2.16 bits per heavy atom. The molecular weight excluding hydrogens is 821 g/mol. The van der Waals surface area contributed by atoms with E-state index in [1.807, 2.05) is 6.92 Å². The minimum atomic E-state index is -1.41. The number of unbranched alkanes of at least 4 members (excludes halogenated alkanes) is 1. The Morgan fingerprint density at radius 1 is 0.857 bits per heavy atom. The lowest BCUT2D eigenvalue weighted by Gasteiger charge is -2.27. The number of hydrogen-bond donors (Lipinski definition) is 12. The lowest BCUT2D eigenvalue weighted by atomic mass is 10.0. The monoisotopic (exact) mass is 880 g/mol. The Bertz CT molecular complexity index is 1910. The second-order valence-corrected chi connectivity index (χ2v) is 15.0. The first-order valence-electron chi connectivity index (χ1n) is 20.7. The molecule has 3 unspecified atom stereocenters. The Balaban J connectivity index is 2.09. The van der Waals surface area contributed by atoms with E-state index in [1.165, 1.54) is 19.4 Å². The molecule has 23 nitrogen and oxygen atoms in total. The van der Waals surface area contributed by atoms with Crippen LogP contribution in [0.25, 0.3) is 0 Å². The number of imidazole rings is 1. The largest absolute Gasteiger partial charge is 0.370 e. The molecule has 1 aliphatic heterocycles. The quantitative estimate of drug-likeness (QED) is 0.0415. The summed E-state index contributed by atoms with van der Waals surface area (Å²) in [7, 11) is 0. The molecule has 1 aromatic heterocycles. The first kappa shape index (κ1) is 50.3. The van der Waals surface area contributed by atoms with Crippen molar-refractivity contribution in [1.29, 1.82) is 0 Å². The molecule has 63 heavy (non-hydrogen) atoms. The molecule has 6 atom stereocenters. The second-order valence-electron chi connectivity index (χ2n) is 15.0. The molecule has 1 aromatic carbocycles. The number of H-pyrrole nitrogens is 1. The van der Waals surface area contributed by atoms with Crippen molar-refractivity contribution in [1.82, 2.24) is 52.5 Å². The fourth-order valence-electron chi connectivity index (χ4n) is 6.50. The number of hydrogen-bond acceptors (Lipinski definition) is 11. The molecule has 2 aromatic rings. The van der Waals surface area contributed by atoms with Gasteiger partial charge in [0, 0.05) is 51.2 Å². The first-order valence-corrected chi connectivity index (χ1v) is 20.7. The van der Waals surface area contributed by atoms with Crippen molar-refractivity contribution in [3.8, 4) is 0 Å². The molecule has 344 valence electrons. The van der Waals surface area contributed by atoms with Crippen LogP contribution in [0.4, 0.5) is 0 Å². The zero-order chi connectivity index (χ0) is 46.3. The van der Waals surface area contributed by atoms with Crippen molar-refractivity contribution in [2.45, 2.75) is 114 Å². The maximum absolute atomic E-state index is 14.3. The van der Waals surface area contributed by atoms with Gasteiger partial charge in [-0.3, -0.25) is 48.1 Å². The number of rotatable bonds is 17. The van der Waals surface area contributed by atoms with Gasteiger partial charge < -0.3 is 64.7 Å². The minimum Gasteiger partial charge on any atom is -0.370 e. The van der Waals surface area contributed by atoms with Crippen molar-refractivity contribution < 1.29 is 43.2 Å². The minimum absolute atomic E-state index is 0.0421. The number of amides is 9. The molecular formula is C40H60N14O9. The number of nitrogens with zero attached hydrogens (tertiary/aromatic N) is 2. The number of aromatic amines is 1. The van der Waals surface area contributed by atoms with E-state index >= 15 is 0 Å². The van der Waals surface area contributed by atoms with Gasteiger partial charge in [-0.15, -0.1) is 0 Å². The lowest BCUT2D eigenvalue weighted by molar-refractivity contribution is -0.135. The van der Waals surface area contributed by atoms with Crippen LogP contribution in [-0.4, -0.2) is 125 Å². The zero-order valence-corrected chi connectivity index (χ0v) is 35.5. The van der Waals surface area contributed by atoms with Gasteiger partial charge in [-0.05, 0) is 37.7 Å². The Hall–Kier alpha value is -7.07. The van der Waals surface area contributed by atoms with Gasteiger partial charge in [0.05, 0.1) is 12.9 Å². The van der Waals surface area contributed by atoms with Crippen LogP contribution in [-0.2, 0) is 56.0 Å². The molecule has 0 saturated carbocycles. The van der Waals surface area contributed by atoms with E-state index in [9.17, 15) is 43.2 Å². The Labute approximate surface area is 364 Å². The summed E-state index contributed by atoms with van der Waals surface area (Å²) in [5, 5.41) is 20.8. The van der Waals surface area contributed by atoms with Gasteiger partial charge in [0.2, 0.25) is 53.2 Å². The average Bonchev–Trinajstić information content (AvgIpc) is 3.75. The molecule has 1 aliphatic rings. The van der Waals surface area contributed by atoms with Crippen molar-refractivity contribution in [3.63, 3.8) is 0 Å². The number of benzene rings is 1. The molecule has 0 bridgehead atoms. The summed E-state index contributed by atoms with van der Waals surface area (Å²) < 4.78 is 0. The highest BCUT2D eigenvalue weighted by atomic mass is 16.2. The molecule has 1 fully saturated rings. The summed E-state index contributed by atoms with van der Waals surface area (Å²) in [5.74, 6) is -6.95. The molecule has 1 saturated heterocycles. The lowest BCUT2D eigenvalue weighted by Crippen LogP contribution is -2.60. The van der Waals surface area contributed by atoms with Gasteiger partial charge in [0.1, 0.15) is 36.3 Å². The first-order chi connectivity index (χ1) is 30.1. The topological polar surface area (TPSA) is 369 Å². The molecule has 0 spiro atoms. The van der Waals surface area contributed by atoms with Gasteiger partial charge in [-0.2, -0.15) is 0 Å². The van der Waals surface area contributed by atoms with Gasteiger partial charge in [-0.1, -0.05) is 50.1 Å². The van der Waals surface area contributed by atoms with E-state index in [2.05, 4.69) is 57.5 Å². The second kappa shape index (κ2) is 26.3. The predicted molar refractivity (Wildman–Crippen MR) is 228 cm³/mol. The van der Waals surface area contributed by atoms with Crippen LogP contribution in [0.2, 0.25) is 0 Å². The normalized spacial score (nSPS) is 20.9.